The van der Waals surface area contributed by atoms with Crippen LogP contribution in [0.1, 0.15) is 18.4 Å². The average Bonchev–Trinajstić information content (AvgIpc) is 2.23. The molecule has 0 aromatic heterocycles. The quantitative estimate of drug-likeness (QED) is 0.723. The molecular weight excluding hydrogens is 233 g/mol. The summed E-state index contributed by atoms with van der Waals surface area (Å²) in [5.74, 6) is 0. The standard InChI is InChI=1S/C12H18AsN/c13-12-6-8-14(9-7-12)10-11-4-2-1-3-5-11/h1-5,12H,6-10,13H2. The van der Waals surface area contributed by atoms with Crippen molar-refractivity contribution >= 4 is 16.9 Å². The SMILES string of the molecule is [AsH2]C1CCN(Cc2ccccc2)CC1. The van der Waals surface area contributed by atoms with E-state index in [0.29, 0.717) is 0 Å². The summed E-state index contributed by atoms with van der Waals surface area (Å²) in [7, 11) is 0. The molecule has 0 aliphatic carbocycles. The first kappa shape index (κ1) is 10.3. The van der Waals surface area contributed by atoms with Crippen LogP contribution in [0.2, 0.25) is 4.71 Å². The number of likely N-dealkylation sites (tertiary alicyclic amines) is 1. The van der Waals surface area contributed by atoms with Gasteiger partial charge in [0.25, 0.3) is 0 Å². The Bertz CT molecular complexity index is 265. The molecule has 2 heteroatoms. The fourth-order valence-corrected chi connectivity index (χ4v) is 2.58. The second-order valence-corrected chi connectivity index (χ2v) is 6.08. The molecule has 1 fully saturated rings. The Labute approximate surface area is 95.0 Å². The van der Waals surface area contributed by atoms with Gasteiger partial charge in [-0.05, 0) is 0 Å². The summed E-state index contributed by atoms with van der Waals surface area (Å²) < 4.78 is 0.995. The molecular formula is C12H18AsN. The molecule has 1 unspecified atom stereocenters. The zero-order valence-electron chi connectivity index (χ0n) is 8.52. The van der Waals surface area contributed by atoms with Gasteiger partial charge in [0.15, 0.2) is 0 Å². The zero-order chi connectivity index (χ0) is 9.80. The van der Waals surface area contributed by atoms with Crippen molar-refractivity contribution < 1.29 is 0 Å². The first-order chi connectivity index (χ1) is 6.84. The molecule has 0 radical (unpaired) electrons. The van der Waals surface area contributed by atoms with Gasteiger partial charge >= 0.3 is 94.8 Å². The molecule has 1 atom stereocenters. The summed E-state index contributed by atoms with van der Waals surface area (Å²) >= 11 is 1.92. The second kappa shape index (κ2) is 5.00. The molecule has 14 heavy (non-hydrogen) atoms. The summed E-state index contributed by atoms with van der Waals surface area (Å²) in [6.45, 7) is 3.72. The number of benzene rings is 1. The molecule has 76 valence electrons. The van der Waals surface area contributed by atoms with Crippen molar-refractivity contribution in [3.05, 3.63) is 35.9 Å². The average molecular weight is 251 g/mol. The molecule has 2 rings (SSSR count). The van der Waals surface area contributed by atoms with Crippen LogP contribution in [-0.2, 0) is 6.54 Å². The molecule has 1 aromatic rings. The van der Waals surface area contributed by atoms with E-state index in [2.05, 4.69) is 35.2 Å². The van der Waals surface area contributed by atoms with E-state index in [0.717, 1.165) is 11.3 Å². The van der Waals surface area contributed by atoms with Crippen molar-refractivity contribution in [3.63, 3.8) is 0 Å². The molecule has 1 aromatic carbocycles. The van der Waals surface area contributed by atoms with E-state index in [1.165, 1.54) is 31.5 Å². The topological polar surface area (TPSA) is 3.24 Å². The number of hydrogen-bond donors (Lipinski definition) is 0. The van der Waals surface area contributed by atoms with Crippen molar-refractivity contribution in [1.82, 2.24) is 4.90 Å². The van der Waals surface area contributed by atoms with E-state index in [-0.39, 0.29) is 0 Å². The van der Waals surface area contributed by atoms with Gasteiger partial charge in [0.2, 0.25) is 0 Å². The van der Waals surface area contributed by atoms with Crippen molar-refractivity contribution in [2.45, 2.75) is 24.1 Å². The fourth-order valence-electron chi connectivity index (χ4n) is 1.95. The molecule has 1 nitrogen and oxygen atoms in total. The molecule has 1 aliphatic rings. The summed E-state index contributed by atoms with van der Waals surface area (Å²) in [4.78, 5) is 2.57. The van der Waals surface area contributed by atoms with Crippen LogP contribution in [0.5, 0.6) is 0 Å². The van der Waals surface area contributed by atoms with Gasteiger partial charge in [0.1, 0.15) is 0 Å². The molecule has 1 saturated heterocycles. The van der Waals surface area contributed by atoms with E-state index in [9.17, 15) is 0 Å². The third-order valence-corrected chi connectivity index (χ3v) is 4.28. The molecule has 0 bridgehead atoms. The van der Waals surface area contributed by atoms with Gasteiger partial charge < -0.3 is 0 Å². The normalized spacial score (nSPS) is 19.8. The van der Waals surface area contributed by atoms with Crippen LogP contribution in [0.25, 0.3) is 0 Å². The summed E-state index contributed by atoms with van der Waals surface area (Å²) in [5, 5.41) is 0. The van der Waals surface area contributed by atoms with Crippen LogP contribution >= 0.6 is 0 Å². The molecule has 0 spiro atoms. The van der Waals surface area contributed by atoms with Crippen LogP contribution < -0.4 is 0 Å². The molecule has 1 heterocycles. The Kier molecular flexibility index (Phi) is 3.66. The Morgan fingerprint density at radius 3 is 2.43 bits per heavy atom. The van der Waals surface area contributed by atoms with Crippen molar-refractivity contribution in [1.29, 1.82) is 0 Å². The van der Waals surface area contributed by atoms with Gasteiger partial charge in [-0.15, -0.1) is 0 Å². The minimum atomic E-state index is 0.995. The van der Waals surface area contributed by atoms with E-state index < -0.39 is 0 Å². The summed E-state index contributed by atoms with van der Waals surface area (Å²) in [6, 6.07) is 10.8. The number of hydrogen-bond acceptors (Lipinski definition) is 1. The van der Waals surface area contributed by atoms with Crippen LogP contribution in [0.15, 0.2) is 30.3 Å². The third-order valence-electron chi connectivity index (χ3n) is 2.88. The van der Waals surface area contributed by atoms with E-state index in [1.54, 1.807) is 0 Å². The van der Waals surface area contributed by atoms with Crippen LogP contribution in [0.3, 0.4) is 0 Å². The van der Waals surface area contributed by atoms with Crippen LogP contribution in [0, 0.1) is 0 Å². The summed E-state index contributed by atoms with van der Waals surface area (Å²) in [5.41, 5.74) is 1.45. The molecule has 0 N–H and O–H groups in total. The van der Waals surface area contributed by atoms with Crippen molar-refractivity contribution in [2.75, 3.05) is 13.1 Å². The van der Waals surface area contributed by atoms with E-state index in [4.69, 9.17) is 0 Å². The molecule has 0 amide bonds. The van der Waals surface area contributed by atoms with Gasteiger partial charge in [-0.2, -0.15) is 0 Å². The molecule has 0 saturated carbocycles. The van der Waals surface area contributed by atoms with Gasteiger partial charge in [-0.1, -0.05) is 0 Å². The number of nitrogens with zero attached hydrogens (tertiary/aromatic N) is 1. The maximum atomic E-state index is 2.57. The Morgan fingerprint density at radius 1 is 1.14 bits per heavy atom. The van der Waals surface area contributed by atoms with E-state index >= 15 is 0 Å². The van der Waals surface area contributed by atoms with Crippen molar-refractivity contribution in [3.8, 4) is 0 Å². The Morgan fingerprint density at radius 2 is 1.79 bits per heavy atom. The third kappa shape index (κ3) is 2.86. The summed E-state index contributed by atoms with van der Waals surface area (Å²) in [6.07, 6.45) is 2.79. The predicted molar refractivity (Wildman–Crippen MR) is 63.2 cm³/mol. The second-order valence-electron chi connectivity index (χ2n) is 4.10. The van der Waals surface area contributed by atoms with Gasteiger partial charge in [-0.3, -0.25) is 0 Å². The predicted octanol–water partition coefficient (Wildman–Crippen LogP) is 1.70. The Hall–Kier alpha value is -0.262. The van der Waals surface area contributed by atoms with Gasteiger partial charge in [0.05, 0.1) is 0 Å². The van der Waals surface area contributed by atoms with Gasteiger partial charge in [-0.25, -0.2) is 0 Å². The number of piperidine rings is 1. The fraction of sp³-hybridized carbons (Fsp3) is 0.500. The van der Waals surface area contributed by atoms with E-state index in [1.807, 2.05) is 16.9 Å². The van der Waals surface area contributed by atoms with Crippen LogP contribution in [0.4, 0.5) is 0 Å². The molecule has 1 aliphatic heterocycles. The first-order valence-electron chi connectivity index (χ1n) is 5.36. The monoisotopic (exact) mass is 251 g/mol. The number of rotatable bonds is 2. The van der Waals surface area contributed by atoms with Crippen molar-refractivity contribution in [2.24, 2.45) is 0 Å². The minimum absolute atomic E-state index is 0.995. The van der Waals surface area contributed by atoms with Gasteiger partial charge in [0, 0.05) is 0 Å². The van der Waals surface area contributed by atoms with Crippen LogP contribution in [-0.4, -0.2) is 34.8 Å². The zero-order valence-corrected chi connectivity index (χ0v) is 10.9. The first-order valence-corrected chi connectivity index (χ1v) is 6.76. The Balaban J connectivity index is 1.87. The maximum absolute atomic E-state index is 2.57.